The maximum absolute atomic E-state index is 11.8. The zero-order valence-electron chi connectivity index (χ0n) is 10.7. The van der Waals surface area contributed by atoms with Gasteiger partial charge in [-0.25, -0.2) is 0 Å². The minimum Gasteiger partial charge on any atom is -0.351 e. The highest BCUT2D eigenvalue weighted by molar-refractivity contribution is 6.31. The molecule has 2 N–H and O–H groups in total. The van der Waals surface area contributed by atoms with Crippen molar-refractivity contribution in [2.24, 2.45) is 0 Å². The molecule has 106 valence electrons. The minimum absolute atomic E-state index is 0. The van der Waals surface area contributed by atoms with E-state index in [2.05, 4.69) is 15.5 Å². The number of hydrogen-bond acceptors (Lipinski definition) is 3. The number of carbonyl (C=O) groups excluding carboxylic acids is 1. The number of rotatable bonds is 4. The summed E-state index contributed by atoms with van der Waals surface area (Å²) in [5, 5.41) is 6.86. The molecule has 1 aliphatic heterocycles. The summed E-state index contributed by atoms with van der Waals surface area (Å²) in [6.45, 7) is 4.73. The largest absolute Gasteiger partial charge is 0.351 e. The average Bonchev–Trinajstić information content (AvgIpc) is 2.39. The van der Waals surface area contributed by atoms with E-state index >= 15 is 0 Å². The van der Waals surface area contributed by atoms with Gasteiger partial charge < -0.3 is 10.6 Å². The molecule has 4 nitrogen and oxygen atoms in total. The average molecular weight is 304 g/mol. The lowest BCUT2D eigenvalue weighted by Crippen LogP contribution is -2.47. The van der Waals surface area contributed by atoms with E-state index < -0.39 is 0 Å². The van der Waals surface area contributed by atoms with Gasteiger partial charge in [-0.15, -0.1) is 12.4 Å². The second-order valence-corrected chi connectivity index (χ2v) is 4.80. The fourth-order valence-corrected chi connectivity index (χ4v) is 2.17. The third kappa shape index (κ3) is 5.37. The van der Waals surface area contributed by atoms with Crippen molar-refractivity contribution in [3.63, 3.8) is 0 Å². The van der Waals surface area contributed by atoms with Gasteiger partial charge in [0.25, 0.3) is 0 Å². The van der Waals surface area contributed by atoms with Gasteiger partial charge in [0.05, 0.1) is 6.54 Å². The molecule has 19 heavy (non-hydrogen) atoms. The van der Waals surface area contributed by atoms with Crippen LogP contribution in [-0.2, 0) is 11.3 Å². The molecule has 0 spiro atoms. The molecule has 0 aliphatic carbocycles. The summed E-state index contributed by atoms with van der Waals surface area (Å²) < 4.78 is 0. The van der Waals surface area contributed by atoms with Crippen LogP contribution < -0.4 is 10.6 Å². The van der Waals surface area contributed by atoms with Crippen LogP contribution in [0.25, 0.3) is 0 Å². The second kappa shape index (κ2) is 8.38. The van der Waals surface area contributed by atoms with Gasteiger partial charge in [0.2, 0.25) is 5.91 Å². The molecule has 0 saturated carbocycles. The standard InChI is InChI=1S/C13H18ClN3O.ClH/c14-12-4-2-1-3-11(12)9-16-13(18)10-17-7-5-15-6-8-17;/h1-4,15H,5-10H2,(H,16,18);1H. The zero-order chi connectivity index (χ0) is 12.8. The van der Waals surface area contributed by atoms with Crippen LogP contribution >= 0.6 is 24.0 Å². The Kier molecular flexibility index (Phi) is 7.16. The summed E-state index contributed by atoms with van der Waals surface area (Å²) in [7, 11) is 0. The van der Waals surface area contributed by atoms with Crippen LogP contribution in [0.3, 0.4) is 0 Å². The van der Waals surface area contributed by atoms with Crippen LogP contribution in [0, 0.1) is 0 Å². The molecule has 6 heteroatoms. The highest BCUT2D eigenvalue weighted by Crippen LogP contribution is 2.14. The topological polar surface area (TPSA) is 44.4 Å². The van der Waals surface area contributed by atoms with Crippen molar-refractivity contribution in [3.8, 4) is 0 Å². The predicted octanol–water partition coefficient (Wildman–Crippen LogP) is 1.28. The van der Waals surface area contributed by atoms with E-state index in [0.29, 0.717) is 18.1 Å². The number of piperazine rings is 1. The van der Waals surface area contributed by atoms with E-state index in [0.717, 1.165) is 31.7 Å². The van der Waals surface area contributed by atoms with E-state index in [4.69, 9.17) is 11.6 Å². The van der Waals surface area contributed by atoms with E-state index in [1.54, 1.807) is 0 Å². The third-order valence-corrected chi connectivity index (χ3v) is 3.38. The Morgan fingerprint density at radius 3 is 2.68 bits per heavy atom. The lowest BCUT2D eigenvalue weighted by atomic mass is 10.2. The molecule has 0 atom stereocenters. The highest BCUT2D eigenvalue weighted by atomic mass is 35.5. The minimum atomic E-state index is 0. The van der Waals surface area contributed by atoms with E-state index in [1.807, 2.05) is 24.3 Å². The molecule has 1 amide bonds. The SMILES string of the molecule is Cl.O=C(CN1CCNCC1)NCc1ccccc1Cl. The predicted molar refractivity (Wildman–Crippen MR) is 79.9 cm³/mol. The van der Waals surface area contributed by atoms with E-state index in [1.165, 1.54) is 0 Å². The number of nitrogens with zero attached hydrogens (tertiary/aromatic N) is 1. The zero-order valence-corrected chi connectivity index (χ0v) is 12.3. The lowest BCUT2D eigenvalue weighted by Gasteiger charge is -2.26. The number of nitrogens with one attached hydrogen (secondary N) is 2. The van der Waals surface area contributed by atoms with Crippen molar-refractivity contribution in [2.45, 2.75) is 6.54 Å². The fourth-order valence-electron chi connectivity index (χ4n) is 1.96. The molecular formula is C13H19Cl2N3O. The Hall–Kier alpha value is -0.810. The first-order chi connectivity index (χ1) is 8.75. The van der Waals surface area contributed by atoms with Crippen molar-refractivity contribution in [1.82, 2.24) is 15.5 Å². The van der Waals surface area contributed by atoms with Crippen LogP contribution in [-0.4, -0.2) is 43.5 Å². The van der Waals surface area contributed by atoms with Gasteiger partial charge in [0.1, 0.15) is 0 Å². The first-order valence-electron chi connectivity index (χ1n) is 6.19. The first-order valence-corrected chi connectivity index (χ1v) is 6.56. The van der Waals surface area contributed by atoms with Crippen molar-refractivity contribution in [3.05, 3.63) is 34.9 Å². The van der Waals surface area contributed by atoms with Crippen molar-refractivity contribution < 1.29 is 4.79 Å². The lowest BCUT2D eigenvalue weighted by molar-refractivity contribution is -0.122. The summed E-state index contributed by atoms with van der Waals surface area (Å²) in [6.07, 6.45) is 0. The first kappa shape index (κ1) is 16.2. The molecule has 1 heterocycles. The van der Waals surface area contributed by atoms with Crippen molar-refractivity contribution in [1.29, 1.82) is 0 Å². The summed E-state index contributed by atoms with van der Waals surface area (Å²) in [4.78, 5) is 13.9. The quantitative estimate of drug-likeness (QED) is 0.881. The normalized spacial score (nSPS) is 15.6. The number of amides is 1. The maximum Gasteiger partial charge on any atom is 0.234 e. The van der Waals surface area contributed by atoms with Gasteiger partial charge in [0, 0.05) is 37.7 Å². The third-order valence-electron chi connectivity index (χ3n) is 3.01. The van der Waals surface area contributed by atoms with Crippen molar-refractivity contribution >= 4 is 29.9 Å². The number of halogens is 2. The molecule has 0 unspecified atom stereocenters. The van der Waals surface area contributed by atoms with Crippen LogP contribution in [0.1, 0.15) is 5.56 Å². The van der Waals surface area contributed by atoms with Crippen LogP contribution in [0.2, 0.25) is 5.02 Å². The summed E-state index contributed by atoms with van der Waals surface area (Å²) in [5.74, 6) is 0.0526. The monoisotopic (exact) mass is 303 g/mol. The molecule has 1 aliphatic rings. The van der Waals surface area contributed by atoms with Crippen LogP contribution in [0.5, 0.6) is 0 Å². The summed E-state index contributed by atoms with van der Waals surface area (Å²) >= 11 is 6.03. The fraction of sp³-hybridized carbons (Fsp3) is 0.462. The number of hydrogen-bond donors (Lipinski definition) is 2. The van der Waals surface area contributed by atoms with Crippen LogP contribution in [0.15, 0.2) is 24.3 Å². The smallest absolute Gasteiger partial charge is 0.234 e. The maximum atomic E-state index is 11.8. The van der Waals surface area contributed by atoms with Gasteiger partial charge in [-0.2, -0.15) is 0 Å². The Bertz CT molecular complexity index is 409. The van der Waals surface area contributed by atoms with Gasteiger partial charge >= 0.3 is 0 Å². The molecule has 1 saturated heterocycles. The molecule has 0 aromatic heterocycles. The van der Waals surface area contributed by atoms with Crippen molar-refractivity contribution in [2.75, 3.05) is 32.7 Å². The van der Waals surface area contributed by atoms with Crippen LogP contribution in [0.4, 0.5) is 0 Å². The molecule has 1 aromatic carbocycles. The Labute approximate surface area is 124 Å². The Morgan fingerprint density at radius 1 is 1.32 bits per heavy atom. The molecule has 1 fully saturated rings. The molecule has 0 radical (unpaired) electrons. The molecule has 1 aromatic rings. The van der Waals surface area contributed by atoms with E-state index in [9.17, 15) is 4.79 Å². The van der Waals surface area contributed by atoms with Gasteiger partial charge in [-0.05, 0) is 11.6 Å². The van der Waals surface area contributed by atoms with Gasteiger partial charge in [-0.3, -0.25) is 9.69 Å². The highest BCUT2D eigenvalue weighted by Gasteiger charge is 2.13. The van der Waals surface area contributed by atoms with E-state index in [-0.39, 0.29) is 18.3 Å². The molecular weight excluding hydrogens is 285 g/mol. The number of benzene rings is 1. The molecule has 0 bridgehead atoms. The van der Waals surface area contributed by atoms with Gasteiger partial charge in [-0.1, -0.05) is 29.8 Å². The Balaban J connectivity index is 0.00000180. The summed E-state index contributed by atoms with van der Waals surface area (Å²) in [6, 6.07) is 7.56. The van der Waals surface area contributed by atoms with Gasteiger partial charge in [0.15, 0.2) is 0 Å². The Morgan fingerprint density at radius 2 is 2.00 bits per heavy atom. The second-order valence-electron chi connectivity index (χ2n) is 4.39. The number of carbonyl (C=O) groups is 1. The molecule has 2 rings (SSSR count). The summed E-state index contributed by atoms with van der Waals surface area (Å²) in [5.41, 5.74) is 0.952.